The Morgan fingerprint density at radius 1 is 1.15 bits per heavy atom. The van der Waals surface area contributed by atoms with Crippen molar-refractivity contribution in [2.24, 2.45) is 11.5 Å². The number of hydrogen-bond donors (Lipinski definition) is 4. The van der Waals surface area contributed by atoms with Crippen molar-refractivity contribution in [2.45, 2.75) is 19.4 Å². The van der Waals surface area contributed by atoms with Gasteiger partial charge in [-0.05, 0) is 6.42 Å². The van der Waals surface area contributed by atoms with Gasteiger partial charge in [0, 0.05) is 17.0 Å². The largest absolute Gasteiger partial charge is 0.368 e. The quantitative estimate of drug-likeness (QED) is 0.496. The van der Waals surface area contributed by atoms with Crippen LogP contribution in [0.25, 0.3) is 10.8 Å². The highest BCUT2D eigenvalue weighted by Crippen LogP contribution is 2.26. The van der Waals surface area contributed by atoms with Crippen LogP contribution in [-0.2, 0) is 4.79 Å². The second-order valence-corrected chi connectivity index (χ2v) is 5.86. The van der Waals surface area contributed by atoms with Crippen LogP contribution >= 0.6 is 0 Å². The number of fused-ring (bicyclic) bond motifs is 1. The Balaban J connectivity index is 2.00. The molecular weight excluding hydrogens is 346 g/mol. The third-order valence-electron chi connectivity index (χ3n) is 4.00. The zero-order valence-corrected chi connectivity index (χ0v) is 14.6. The van der Waals surface area contributed by atoms with Crippen LogP contribution in [0, 0.1) is 0 Å². The number of rotatable bonds is 7. The molecule has 0 aliphatic heterocycles. The molecule has 0 fully saturated rings. The number of amides is 2. The van der Waals surface area contributed by atoms with E-state index in [0.29, 0.717) is 17.9 Å². The van der Waals surface area contributed by atoms with Crippen LogP contribution in [0.1, 0.15) is 23.8 Å². The van der Waals surface area contributed by atoms with Crippen molar-refractivity contribution in [1.29, 1.82) is 0 Å². The number of pyridine rings is 1. The third-order valence-corrected chi connectivity index (χ3v) is 4.00. The predicted molar refractivity (Wildman–Crippen MR) is 102 cm³/mol. The summed E-state index contributed by atoms with van der Waals surface area (Å²) in [5.41, 5.74) is 11.4. The van der Waals surface area contributed by atoms with Gasteiger partial charge in [0.2, 0.25) is 5.91 Å². The minimum atomic E-state index is -0.730. The van der Waals surface area contributed by atoms with E-state index in [4.69, 9.17) is 11.5 Å². The number of aromatic nitrogens is 3. The van der Waals surface area contributed by atoms with Crippen molar-refractivity contribution in [1.82, 2.24) is 15.0 Å². The second-order valence-electron chi connectivity index (χ2n) is 5.86. The highest BCUT2D eigenvalue weighted by atomic mass is 16.1. The number of carbonyl (C=O) groups is 2. The molecule has 0 aliphatic rings. The topological polar surface area (TPSA) is 149 Å². The van der Waals surface area contributed by atoms with Crippen molar-refractivity contribution in [2.75, 3.05) is 10.6 Å². The SMILES string of the molecule is CCC(Nc1cnc(C(N)=O)c(Nc2cncc3ccccc23)n1)C(N)=O. The molecule has 3 rings (SSSR count). The zero-order valence-electron chi connectivity index (χ0n) is 14.6. The summed E-state index contributed by atoms with van der Waals surface area (Å²) in [4.78, 5) is 35.8. The van der Waals surface area contributed by atoms with E-state index in [1.165, 1.54) is 6.20 Å². The Morgan fingerprint density at radius 2 is 1.93 bits per heavy atom. The summed E-state index contributed by atoms with van der Waals surface area (Å²) in [6.07, 6.45) is 5.16. The van der Waals surface area contributed by atoms with Crippen molar-refractivity contribution in [3.63, 3.8) is 0 Å². The lowest BCUT2D eigenvalue weighted by Gasteiger charge is -2.16. The summed E-state index contributed by atoms with van der Waals surface area (Å²) in [6.45, 7) is 1.81. The first-order valence-electron chi connectivity index (χ1n) is 8.32. The molecule has 2 heterocycles. The van der Waals surface area contributed by atoms with Gasteiger partial charge in [-0.3, -0.25) is 14.6 Å². The fourth-order valence-electron chi connectivity index (χ4n) is 2.62. The average molecular weight is 365 g/mol. The summed E-state index contributed by atoms with van der Waals surface area (Å²) in [6, 6.07) is 7.03. The smallest absolute Gasteiger partial charge is 0.271 e. The Morgan fingerprint density at radius 3 is 2.63 bits per heavy atom. The summed E-state index contributed by atoms with van der Waals surface area (Å²) >= 11 is 0. The molecule has 0 aliphatic carbocycles. The lowest BCUT2D eigenvalue weighted by molar-refractivity contribution is -0.118. The van der Waals surface area contributed by atoms with Crippen LogP contribution in [-0.4, -0.2) is 32.8 Å². The van der Waals surface area contributed by atoms with Crippen LogP contribution < -0.4 is 22.1 Å². The van der Waals surface area contributed by atoms with Crippen molar-refractivity contribution >= 4 is 39.9 Å². The number of hydrogen-bond acceptors (Lipinski definition) is 7. The first kappa shape index (κ1) is 18.1. The molecule has 0 spiro atoms. The van der Waals surface area contributed by atoms with E-state index in [9.17, 15) is 9.59 Å². The van der Waals surface area contributed by atoms with Crippen LogP contribution in [0.2, 0.25) is 0 Å². The molecule has 27 heavy (non-hydrogen) atoms. The zero-order chi connectivity index (χ0) is 19.4. The molecule has 6 N–H and O–H groups in total. The maximum absolute atomic E-state index is 11.7. The molecule has 1 aromatic carbocycles. The first-order valence-corrected chi connectivity index (χ1v) is 8.32. The Bertz CT molecular complexity index is 1000. The molecule has 2 aromatic heterocycles. The van der Waals surface area contributed by atoms with Crippen molar-refractivity contribution < 1.29 is 9.59 Å². The molecule has 0 radical (unpaired) electrons. The fourth-order valence-corrected chi connectivity index (χ4v) is 2.62. The van der Waals surface area contributed by atoms with E-state index in [2.05, 4.69) is 25.6 Å². The highest BCUT2D eigenvalue weighted by molar-refractivity contribution is 5.99. The Kier molecular flexibility index (Phi) is 5.11. The van der Waals surface area contributed by atoms with Gasteiger partial charge in [-0.25, -0.2) is 9.97 Å². The Labute approximate surface area is 155 Å². The van der Waals surface area contributed by atoms with Crippen molar-refractivity contribution in [3.8, 4) is 0 Å². The van der Waals surface area contributed by atoms with Gasteiger partial charge in [0.25, 0.3) is 5.91 Å². The van der Waals surface area contributed by atoms with E-state index in [1.807, 2.05) is 31.2 Å². The lowest BCUT2D eigenvalue weighted by atomic mass is 10.1. The monoisotopic (exact) mass is 365 g/mol. The van der Waals surface area contributed by atoms with Gasteiger partial charge < -0.3 is 22.1 Å². The molecule has 0 saturated carbocycles. The molecule has 0 saturated heterocycles. The predicted octanol–water partition coefficient (Wildman–Crippen LogP) is 1.54. The minimum Gasteiger partial charge on any atom is -0.368 e. The number of anilines is 3. The molecule has 9 heteroatoms. The summed E-state index contributed by atoms with van der Waals surface area (Å²) in [5.74, 6) is -0.788. The summed E-state index contributed by atoms with van der Waals surface area (Å²) in [5, 5.41) is 7.78. The van der Waals surface area contributed by atoms with E-state index in [-0.39, 0.29) is 11.5 Å². The van der Waals surface area contributed by atoms with Crippen molar-refractivity contribution in [3.05, 3.63) is 48.5 Å². The number of primary amides is 2. The van der Waals surface area contributed by atoms with E-state index in [1.54, 1.807) is 12.4 Å². The maximum Gasteiger partial charge on any atom is 0.271 e. The number of nitrogens with one attached hydrogen (secondary N) is 2. The van der Waals surface area contributed by atoms with E-state index in [0.717, 1.165) is 10.8 Å². The number of nitrogens with zero attached hydrogens (tertiary/aromatic N) is 3. The van der Waals surface area contributed by atoms with Crippen LogP contribution in [0.3, 0.4) is 0 Å². The van der Waals surface area contributed by atoms with Gasteiger partial charge in [-0.15, -0.1) is 0 Å². The molecule has 1 atom stereocenters. The molecule has 2 amide bonds. The number of carbonyl (C=O) groups excluding carboxylic acids is 2. The molecular formula is C18H19N7O2. The standard InChI is InChI=1S/C18H19N7O2/c1-2-12(16(19)26)23-14-9-22-15(17(20)27)18(25-14)24-13-8-21-7-10-5-3-4-6-11(10)13/h3-9,12H,2H2,1H3,(H2,19,26)(H2,20,27)(H2,23,24,25). The first-order chi connectivity index (χ1) is 13.0. The van der Waals surface area contributed by atoms with Gasteiger partial charge in [0.15, 0.2) is 11.5 Å². The molecule has 1 unspecified atom stereocenters. The van der Waals surface area contributed by atoms with Gasteiger partial charge in [0.05, 0.1) is 18.1 Å². The molecule has 0 bridgehead atoms. The van der Waals surface area contributed by atoms with Gasteiger partial charge in [0.1, 0.15) is 11.9 Å². The molecule has 9 nitrogen and oxygen atoms in total. The van der Waals surface area contributed by atoms with E-state index < -0.39 is 17.9 Å². The fraction of sp³-hybridized carbons (Fsp3) is 0.167. The minimum absolute atomic E-state index is 0.0272. The second kappa shape index (κ2) is 7.65. The van der Waals surface area contributed by atoms with Gasteiger partial charge in [-0.2, -0.15) is 0 Å². The number of nitrogens with two attached hydrogens (primary N) is 2. The van der Waals surface area contributed by atoms with Crippen LogP contribution in [0.5, 0.6) is 0 Å². The maximum atomic E-state index is 11.7. The normalized spacial score (nSPS) is 11.7. The highest BCUT2D eigenvalue weighted by Gasteiger charge is 2.17. The van der Waals surface area contributed by atoms with Gasteiger partial charge >= 0.3 is 0 Å². The molecule has 138 valence electrons. The summed E-state index contributed by atoms with van der Waals surface area (Å²) < 4.78 is 0. The third kappa shape index (κ3) is 3.92. The Hall–Kier alpha value is -3.75. The number of benzene rings is 1. The summed E-state index contributed by atoms with van der Waals surface area (Å²) in [7, 11) is 0. The lowest BCUT2D eigenvalue weighted by Crippen LogP contribution is -2.35. The van der Waals surface area contributed by atoms with Gasteiger partial charge in [-0.1, -0.05) is 31.2 Å². The van der Waals surface area contributed by atoms with E-state index >= 15 is 0 Å². The molecule has 3 aromatic rings. The van der Waals surface area contributed by atoms with Crippen LogP contribution in [0.15, 0.2) is 42.9 Å². The van der Waals surface area contributed by atoms with Crippen LogP contribution in [0.4, 0.5) is 17.3 Å². The average Bonchev–Trinajstić information content (AvgIpc) is 2.66.